The van der Waals surface area contributed by atoms with E-state index in [9.17, 15) is 9.50 Å². The number of piperidine rings is 1. The van der Waals surface area contributed by atoms with E-state index in [2.05, 4.69) is 13.1 Å². The number of nitrogens with zero attached hydrogens (tertiary/aromatic N) is 1. The van der Waals surface area contributed by atoms with Gasteiger partial charge in [0.05, 0.1) is 44.8 Å². The molecule has 2 heterocycles. The smallest absolute Gasteiger partial charge is 0.165 e. The molecule has 4 saturated carbocycles. The first-order chi connectivity index (χ1) is 18.4. The monoisotopic (exact) mass is 520 g/mol. The third-order valence-corrected chi connectivity index (χ3v) is 12.1. The molecule has 7 aliphatic rings. The largest absolute Gasteiger partial charge is 0.504 e. The molecule has 4 bridgehead atoms. The van der Waals surface area contributed by atoms with Crippen LogP contribution in [0.3, 0.4) is 0 Å². The Hall–Kier alpha value is -2.15. The molecule has 202 valence electrons. The second kappa shape index (κ2) is 7.74. The van der Waals surface area contributed by atoms with E-state index in [0.29, 0.717) is 24.0 Å². The van der Waals surface area contributed by atoms with E-state index in [1.165, 1.54) is 36.6 Å². The lowest BCUT2D eigenvalue weighted by molar-refractivity contribution is -0.952. The van der Waals surface area contributed by atoms with Crippen molar-refractivity contribution < 1.29 is 28.2 Å². The second-order valence-corrected chi connectivity index (χ2v) is 13.5. The van der Waals surface area contributed by atoms with Crippen molar-refractivity contribution in [1.29, 1.82) is 0 Å². The normalized spacial score (nSPS) is 41.6. The number of fused-ring (bicyclic) bond motifs is 2. The zero-order chi connectivity index (χ0) is 25.9. The van der Waals surface area contributed by atoms with Gasteiger partial charge in [0, 0.05) is 48.3 Å². The quantitative estimate of drug-likeness (QED) is 0.515. The van der Waals surface area contributed by atoms with Crippen molar-refractivity contribution in [1.82, 2.24) is 0 Å². The molecule has 1 N–H and O–H groups in total. The van der Waals surface area contributed by atoms with Crippen LogP contribution in [0.15, 0.2) is 36.4 Å². The molecule has 6 heteroatoms. The fourth-order valence-electron chi connectivity index (χ4n) is 10.4. The number of hydrogen-bond donors (Lipinski definition) is 1. The number of phenolic OH excluding ortho intramolecular Hbond substituents is 1. The number of rotatable bonds is 7. The number of methoxy groups -OCH3 is 1. The van der Waals surface area contributed by atoms with Crippen LogP contribution >= 0.6 is 0 Å². The maximum absolute atomic E-state index is 14.3. The molecule has 1 saturated heterocycles. The van der Waals surface area contributed by atoms with Crippen molar-refractivity contribution in [3.63, 3.8) is 0 Å². The topological polar surface area (TPSA) is 47.9 Å². The Morgan fingerprint density at radius 3 is 2.76 bits per heavy atom. The number of benzene rings is 2. The summed E-state index contributed by atoms with van der Waals surface area (Å²) in [5, 5.41) is 11.0. The summed E-state index contributed by atoms with van der Waals surface area (Å²) in [6.45, 7) is 3.22. The third kappa shape index (κ3) is 2.77. The summed E-state index contributed by atoms with van der Waals surface area (Å²) in [7, 11) is 4.36. The van der Waals surface area contributed by atoms with Gasteiger partial charge in [-0.05, 0) is 49.8 Å². The maximum Gasteiger partial charge on any atom is 0.165 e. The van der Waals surface area contributed by atoms with Crippen LogP contribution in [0.2, 0.25) is 0 Å². The number of phenols is 1. The molecule has 0 aromatic heterocycles. The van der Waals surface area contributed by atoms with Crippen LogP contribution in [0.25, 0.3) is 0 Å². The summed E-state index contributed by atoms with van der Waals surface area (Å²) in [5.74, 6) is 1.77. The van der Waals surface area contributed by atoms with Crippen molar-refractivity contribution in [2.45, 2.75) is 74.7 Å². The minimum absolute atomic E-state index is 0.0813. The van der Waals surface area contributed by atoms with Crippen LogP contribution in [0.4, 0.5) is 4.39 Å². The number of hydrogen-bond acceptors (Lipinski definition) is 4. The molecule has 2 aromatic rings. The summed E-state index contributed by atoms with van der Waals surface area (Å²) in [6, 6.07) is 11.4. The van der Waals surface area contributed by atoms with E-state index in [1.54, 1.807) is 12.1 Å². The van der Waals surface area contributed by atoms with Gasteiger partial charge in [0.2, 0.25) is 0 Å². The Kier molecular flexibility index (Phi) is 4.83. The minimum Gasteiger partial charge on any atom is -0.504 e. The second-order valence-electron chi connectivity index (χ2n) is 13.5. The predicted octanol–water partition coefficient (Wildman–Crippen LogP) is 5.12. The molecule has 2 aliphatic heterocycles. The molecular formula is C32H39FNO4+. The summed E-state index contributed by atoms with van der Waals surface area (Å²) in [4.78, 5) is 0. The maximum atomic E-state index is 14.3. The van der Waals surface area contributed by atoms with Crippen molar-refractivity contribution in [3.05, 3.63) is 58.9 Å². The van der Waals surface area contributed by atoms with Gasteiger partial charge >= 0.3 is 0 Å². The molecule has 0 radical (unpaired) electrons. The van der Waals surface area contributed by atoms with E-state index in [4.69, 9.17) is 14.2 Å². The fraction of sp³-hybridized carbons (Fsp3) is 0.625. The van der Waals surface area contributed by atoms with Crippen molar-refractivity contribution in [2.75, 3.05) is 33.9 Å². The molecule has 0 unspecified atom stereocenters. The highest BCUT2D eigenvalue weighted by molar-refractivity contribution is 5.62. The van der Waals surface area contributed by atoms with Crippen LogP contribution in [0.1, 0.15) is 55.2 Å². The zero-order valence-corrected chi connectivity index (χ0v) is 22.5. The van der Waals surface area contributed by atoms with Gasteiger partial charge in [0.15, 0.2) is 11.5 Å². The van der Waals surface area contributed by atoms with Crippen LogP contribution in [-0.2, 0) is 27.9 Å². The molecule has 5 aliphatic carbocycles. The Morgan fingerprint density at radius 2 is 1.97 bits per heavy atom. The lowest BCUT2D eigenvalue weighted by atomic mass is 9.34. The van der Waals surface area contributed by atoms with Crippen LogP contribution in [0.5, 0.6) is 11.5 Å². The number of quaternary nitrogens is 1. The Labute approximate surface area is 224 Å². The van der Waals surface area contributed by atoms with E-state index >= 15 is 0 Å². The molecule has 7 atom stereocenters. The van der Waals surface area contributed by atoms with Gasteiger partial charge < -0.3 is 23.8 Å². The van der Waals surface area contributed by atoms with Gasteiger partial charge in [-0.25, -0.2) is 4.39 Å². The van der Waals surface area contributed by atoms with E-state index < -0.39 is 5.60 Å². The molecule has 2 spiro atoms. The van der Waals surface area contributed by atoms with Gasteiger partial charge in [0.25, 0.3) is 0 Å². The highest BCUT2D eigenvalue weighted by Gasteiger charge is 2.83. The van der Waals surface area contributed by atoms with E-state index in [1.807, 2.05) is 19.2 Å². The van der Waals surface area contributed by atoms with Crippen LogP contribution in [-0.4, -0.2) is 61.2 Å². The minimum atomic E-state index is -0.487. The van der Waals surface area contributed by atoms with Crippen molar-refractivity contribution in [3.8, 4) is 11.5 Å². The van der Waals surface area contributed by atoms with Gasteiger partial charge in [-0.2, -0.15) is 0 Å². The third-order valence-electron chi connectivity index (χ3n) is 12.1. The number of likely N-dealkylation sites (tertiary alicyclic amines) is 1. The number of ether oxygens (including phenoxy) is 3. The zero-order valence-electron chi connectivity index (χ0n) is 22.5. The molecule has 0 amide bonds. The van der Waals surface area contributed by atoms with Gasteiger partial charge in [0.1, 0.15) is 17.5 Å². The highest BCUT2D eigenvalue weighted by atomic mass is 19.1. The first-order valence-corrected chi connectivity index (χ1v) is 14.6. The number of likely N-dealkylation sites (N-methyl/N-ethyl adjacent to an activating group) is 1. The number of aromatic hydroxyl groups is 1. The van der Waals surface area contributed by atoms with E-state index in [-0.39, 0.29) is 41.0 Å². The lowest BCUT2D eigenvalue weighted by Gasteiger charge is -2.74. The van der Waals surface area contributed by atoms with Gasteiger partial charge in [-0.15, -0.1) is 0 Å². The highest BCUT2D eigenvalue weighted by Crippen LogP contribution is 2.77. The van der Waals surface area contributed by atoms with Gasteiger partial charge in [-0.1, -0.05) is 24.3 Å². The summed E-state index contributed by atoms with van der Waals surface area (Å²) in [5.41, 5.74) is 2.73. The van der Waals surface area contributed by atoms with E-state index in [0.717, 1.165) is 49.0 Å². The Morgan fingerprint density at radius 1 is 1.13 bits per heavy atom. The first kappa shape index (κ1) is 23.7. The average molecular weight is 521 g/mol. The molecule has 5 fully saturated rings. The summed E-state index contributed by atoms with van der Waals surface area (Å²) >= 11 is 0. The standard InChI is InChI=1S/C32H38FNO4/c1-34(17-20-7-8-20)14-13-31-27-21-9-10-25(35)28(27)38-29(31)32(36-2)12-11-30(31,26(34)15-21)16-23(32)19-37-18-22-5-3-4-6-24(22)33/h3-6,9-10,20,23,26,29H,7-8,11-19H2,1-2H3/p+1/t23-,26-,29-,30-,31+,32-,34-/m1/s1. The molecule has 38 heavy (non-hydrogen) atoms. The molecular weight excluding hydrogens is 481 g/mol. The van der Waals surface area contributed by atoms with Crippen LogP contribution in [0, 0.1) is 23.1 Å². The lowest BCUT2D eigenvalue weighted by Crippen LogP contribution is -2.83. The SMILES string of the molecule is CO[C@]12CC[C@@]3(C[C@@H]1COCc1ccccc1F)[C@H]1Cc4ccc(O)c5c4[C@@]3(CC[N@+]1(C)CC1CC1)[C@H]2O5. The molecule has 5 nitrogen and oxygen atoms in total. The summed E-state index contributed by atoms with van der Waals surface area (Å²) in [6.07, 6.45) is 7.84. The summed E-state index contributed by atoms with van der Waals surface area (Å²) < 4.78 is 35.2. The van der Waals surface area contributed by atoms with Gasteiger partial charge in [-0.3, -0.25) is 0 Å². The Bertz CT molecular complexity index is 1310. The first-order valence-electron chi connectivity index (χ1n) is 14.6. The molecule has 9 rings (SSSR count). The average Bonchev–Trinajstić information content (AvgIpc) is 3.64. The fourth-order valence-corrected chi connectivity index (χ4v) is 10.4. The van der Waals surface area contributed by atoms with Crippen molar-refractivity contribution in [2.24, 2.45) is 17.3 Å². The van der Waals surface area contributed by atoms with Crippen LogP contribution < -0.4 is 4.74 Å². The Balaban J connectivity index is 1.23. The van der Waals surface area contributed by atoms with Crippen molar-refractivity contribution >= 4 is 0 Å². The molecule has 2 aromatic carbocycles. The number of halogens is 1. The predicted molar refractivity (Wildman–Crippen MR) is 141 cm³/mol.